The number of hydrogen-bond acceptors (Lipinski definition) is 5. The summed E-state index contributed by atoms with van der Waals surface area (Å²) < 4.78 is 16.2. The van der Waals surface area contributed by atoms with Gasteiger partial charge in [-0.15, -0.1) is 0 Å². The molecule has 0 heterocycles. The van der Waals surface area contributed by atoms with Crippen LogP contribution in [0.5, 0.6) is 11.5 Å². The number of esters is 1. The van der Waals surface area contributed by atoms with E-state index >= 15 is 0 Å². The van der Waals surface area contributed by atoms with Crippen molar-refractivity contribution in [2.45, 2.75) is 25.3 Å². The maximum Gasteiger partial charge on any atom is 0.314 e. The van der Waals surface area contributed by atoms with E-state index in [1.165, 1.54) is 0 Å². The Kier molecular flexibility index (Phi) is 8.04. The fraction of sp³-hybridized carbons (Fsp3) is 0.333. The number of benzene rings is 2. The number of halogens is 2. The number of hydrogen-bond donors (Lipinski definition) is 1. The highest BCUT2D eigenvalue weighted by atomic mass is 35.5. The van der Waals surface area contributed by atoms with Gasteiger partial charge in [-0.2, -0.15) is 0 Å². The van der Waals surface area contributed by atoms with Crippen molar-refractivity contribution in [1.82, 2.24) is 5.32 Å². The van der Waals surface area contributed by atoms with Gasteiger partial charge >= 0.3 is 5.97 Å². The summed E-state index contributed by atoms with van der Waals surface area (Å²) in [5.74, 6) is -0.413. The lowest BCUT2D eigenvalue weighted by atomic mass is 9.84. The molecule has 0 saturated heterocycles. The number of nitrogens with one attached hydrogen (secondary N) is 1. The molecule has 1 N–H and O–H groups in total. The first-order valence-electron chi connectivity index (χ1n) is 10.2. The number of amides is 1. The Morgan fingerprint density at radius 2 is 1.81 bits per heavy atom. The molecule has 0 saturated carbocycles. The summed E-state index contributed by atoms with van der Waals surface area (Å²) in [5, 5.41) is 3.49. The predicted octanol–water partition coefficient (Wildman–Crippen LogP) is 5.03. The van der Waals surface area contributed by atoms with Gasteiger partial charge in [0.25, 0.3) is 5.91 Å². The minimum atomic E-state index is -0.623. The standard InChI is InChI=1S/C24H25Cl2NO5/c1-4-32-24(29)21(17-13-16(30-2)10-11-20(17)31-3)14-8-9-15(12-14)27-23(28)22-18(25)6-5-7-19(22)26/h5-11,13-15,21H,4,12H2,1-3H3,(H,27,28). The third-order valence-corrected chi connectivity index (χ3v) is 5.99. The average molecular weight is 478 g/mol. The molecule has 3 atom stereocenters. The second kappa shape index (κ2) is 10.7. The smallest absolute Gasteiger partial charge is 0.314 e. The molecule has 1 aliphatic carbocycles. The van der Waals surface area contributed by atoms with Crippen LogP contribution in [0, 0.1) is 5.92 Å². The Morgan fingerprint density at radius 3 is 2.44 bits per heavy atom. The molecule has 0 radical (unpaired) electrons. The molecule has 1 aliphatic rings. The summed E-state index contributed by atoms with van der Waals surface area (Å²) in [5.41, 5.74) is 0.894. The molecule has 3 unspecified atom stereocenters. The summed E-state index contributed by atoms with van der Waals surface area (Å²) in [7, 11) is 3.11. The van der Waals surface area contributed by atoms with Crippen LogP contribution in [0.15, 0.2) is 48.6 Å². The average Bonchev–Trinajstić information content (AvgIpc) is 3.21. The Labute approximate surface area is 197 Å². The molecule has 0 fully saturated rings. The highest BCUT2D eigenvalue weighted by Crippen LogP contribution is 2.40. The molecule has 2 aromatic rings. The molecule has 170 valence electrons. The van der Waals surface area contributed by atoms with Gasteiger partial charge in [-0.3, -0.25) is 9.59 Å². The lowest BCUT2D eigenvalue weighted by Gasteiger charge is -2.24. The first-order valence-corrected chi connectivity index (χ1v) is 11.0. The highest BCUT2D eigenvalue weighted by molar-refractivity contribution is 6.39. The molecule has 0 bridgehead atoms. The number of carbonyl (C=O) groups is 2. The topological polar surface area (TPSA) is 73.9 Å². The largest absolute Gasteiger partial charge is 0.497 e. The summed E-state index contributed by atoms with van der Waals surface area (Å²) in [4.78, 5) is 25.7. The predicted molar refractivity (Wildman–Crippen MR) is 124 cm³/mol. The van der Waals surface area contributed by atoms with Crippen LogP contribution in [0.1, 0.15) is 35.2 Å². The van der Waals surface area contributed by atoms with E-state index in [0.717, 1.165) is 0 Å². The lowest BCUT2D eigenvalue weighted by Crippen LogP contribution is -2.34. The van der Waals surface area contributed by atoms with Crippen molar-refractivity contribution in [1.29, 1.82) is 0 Å². The molecule has 3 rings (SSSR count). The monoisotopic (exact) mass is 477 g/mol. The van der Waals surface area contributed by atoms with Crippen molar-refractivity contribution in [3.63, 3.8) is 0 Å². The van der Waals surface area contributed by atoms with E-state index in [2.05, 4.69) is 5.32 Å². The Bertz CT molecular complexity index is 1000. The maximum absolute atomic E-state index is 13.0. The second-order valence-corrected chi connectivity index (χ2v) is 8.11. The van der Waals surface area contributed by atoms with E-state index in [1.807, 2.05) is 12.2 Å². The van der Waals surface area contributed by atoms with E-state index in [4.69, 9.17) is 37.4 Å². The minimum Gasteiger partial charge on any atom is -0.497 e. The molecule has 6 nitrogen and oxygen atoms in total. The fourth-order valence-electron chi connectivity index (χ4n) is 3.88. The van der Waals surface area contributed by atoms with Crippen LogP contribution in [-0.4, -0.2) is 38.7 Å². The zero-order valence-corrected chi connectivity index (χ0v) is 19.6. The number of carbonyl (C=O) groups excluding carboxylic acids is 2. The van der Waals surface area contributed by atoms with Crippen LogP contribution in [0.4, 0.5) is 0 Å². The Hall–Kier alpha value is -2.70. The quantitative estimate of drug-likeness (QED) is 0.426. The van der Waals surface area contributed by atoms with Gasteiger partial charge in [-0.1, -0.05) is 41.4 Å². The molecule has 0 aliphatic heterocycles. The van der Waals surface area contributed by atoms with Crippen LogP contribution in [-0.2, 0) is 9.53 Å². The number of rotatable bonds is 8. The molecule has 32 heavy (non-hydrogen) atoms. The molecule has 1 amide bonds. The van der Waals surface area contributed by atoms with Crippen LogP contribution < -0.4 is 14.8 Å². The van der Waals surface area contributed by atoms with Crippen molar-refractivity contribution in [2.24, 2.45) is 5.92 Å². The molecule has 2 aromatic carbocycles. The van der Waals surface area contributed by atoms with Gasteiger partial charge in [0, 0.05) is 11.6 Å². The first-order chi connectivity index (χ1) is 15.4. The van der Waals surface area contributed by atoms with Gasteiger partial charge in [0.1, 0.15) is 11.5 Å². The van der Waals surface area contributed by atoms with E-state index in [0.29, 0.717) is 23.5 Å². The van der Waals surface area contributed by atoms with E-state index in [9.17, 15) is 9.59 Å². The normalized spacial score (nSPS) is 18.2. The van der Waals surface area contributed by atoms with Crippen LogP contribution in [0.2, 0.25) is 10.0 Å². The van der Waals surface area contributed by atoms with Crippen molar-refractivity contribution in [3.05, 3.63) is 69.7 Å². The molecular weight excluding hydrogens is 453 g/mol. The first kappa shape index (κ1) is 24.0. The molecular formula is C24H25Cl2NO5. The van der Waals surface area contributed by atoms with Gasteiger partial charge in [0.05, 0.1) is 42.4 Å². The minimum absolute atomic E-state index is 0.220. The van der Waals surface area contributed by atoms with Crippen molar-refractivity contribution < 1.29 is 23.8 Å². The summed E-state index contributed by atoms with van der Waals surface area (Å²) >= 11 is 12.3. The number of methoxy groups -OCH3 is 2. The van der Waals surface area contributed by atoms with Gasteiger partial charge in [0.15, 0.2) is 0 Å². The zero-order chi connectivity index (χ0) is 23.3. The van der Waals surface area contributed by atoms with E-state index in [-0.39, 0.29) is 46.1 Å². The van der Waals surface area contributed by atoms with Gasteiger partial charge in [-0.05, 0) is 49.6 Å². The van der Waals surface area contributed by atoms with Crippen LogP contribution >= 0.6 is 23.2 Å². The summed E-state index contributed by atoms with van der Waals surface area (Å²) in [6.07, 6.45) is 4.28. The molecule has 0 spiro atoms. The number of allylic oxidation sites excluding steroid dienone is 1. The summed E-state index contributed by atoms with van der Waals surface area (Å²) in [6, 6.07) is 9.92. The molecule has 0 aromatic heterocycles. The van der Waals surface area contributed by atoms with Gasteiger partial charge in [-0.25, -0.2) is 0 Å². The van der Waals surface area contributed by atoms with Crippen molar-refractivity contribution in [3.8, 4) is 11.5 Å². The van der Waals surface area contributed by atoms with Gasteiger partial charge < -0.3 is 19.5 Å². The second-order valence-electron chi connectivity index (χ2n) is 7.30. The Balaban J connectivity index is 1.84. The van der Waals surface area contributed by atoms with Crippen LogP contribution in [0.3, 0.4) is 0 Å². The SMILES string of the molecule is CCOC(=O)C(c1cc(OC)ccc1OC)C1C=CC(NC(=O)c2c(Cl)cccc2Cl)C1. The Morgan fingerprint density at radius 1 is 1.09 bits per heavy atom. The highest BCUT2D eigenvalue weighted by Gasteiger charge is 2.36. The lowest BCUT2D eigenvalue weighted by molar-refractivity contribution is -0.146. The third-order valence-electron chi connectivity index (χ3n) is 5.36. The maximum atomic E-state index is 13.0. The van der Waals surface area contributed by atoms with Gasteiger partial charge in [0.2, 0.25) is 0 Å². The third kappa shape index (κ3) is 5.19. The van der Waals surface area contributed by atoms with E-state index < -0.39 is 5.92 Å². The fourth-order valence-corrected chi connectivity index (χ4v) is 4.45. The van der Waals surface area contributed by atoms with Crippen molar-refractivity contribution >= 4 is 35.1 Å². The van der Waals surface area contributed by atoms with Crippen LogP contribution in [0.25, 0.3) is 0 Å². The van der Waals surface area contributed by atoms with Crippen molar-refractivity contribution in [2.75, 3.05) is 20.8 Å². The molecule has 8 heteroatoms. The number of ether oxygens (including phenoxy) is 3. The zero-order valence-electron chi connectivity index (χ0n) is 18.1. The van der Waals surface area contributed by atoms with E-state index in [1.54, 1.807) is 57.5 Å². The summed E-state index contributed by atoms with van der Waals surface area (Å²) in [6.45, 7) is 2.02.